The van der Waals surface area contributed by atoms with Crippen LogP contribution in [0.15, 0.2) is 65.8 Å². The number of ether oxygens (including phenoxy) is 1. The quantitative estimate of drug-likeness (QED) is 0.645. The summed E-state index contributed by atoms with van der Waals surface area (Å²) in [7, 11) is 0. The Balaban J connectivity index is 1.82. The van der Waals surface area contributed by atoms with E-state index in [1.165, 1.54) is 0 Å². The highest BCUT2D eigenvalue weighted by atomic mass is 16.5. The van der Waals surface area contributed by atoms with Gasteiger partial charge in [0.2, 0.25) is 5.75 Å². The van der Waals surface area contributed by atoms with Gasteiger partial charge < -0.3 is 14.8 Å². The number of aliphatic hydroxyl groups is 1. The molecule has 0 saturated heterocycles. The lowest BCUT2D eigenvalue weighted by Gasteiger charge is -2.14. The molecule has 2 aromatic heterocycles. The van der Waals surface area contributed by atoms with E-state index in [-0.39, 0.29) is 17.8 Å². The highest BCUT2D eigenvalue weighted by Gasteiger charge is 2.43. The fourth-order valence-corrected chi connectivity index (χ4v) is 3.22. The highest BCUT2D eigenvalue weighted by Crippen LogP contribution is 2.48. The van der Waals surface area contributed by atoms with Crippen molar-refractivity contribution in [2.45, 2.75) is 25.2 Å². The Morgan fingerprint density at radius 3 is 2.57 bits per heavy atom. The fourth-order valence-electron chi connectivity index (χ4n) is 3.22. The number of rotatable bonds is 6. The number of nitrogens with zero attached hydrogens (tertiary/aromatic N) is 2. The van der Waals surface area contributed by atoms with Gasteiger partial charge in [-0.2, -0.15) is 0 Å². The molecule has 142 valence electrons. The lowest BCUT2D eigenvalue weighted by Crippen LogP contribution is -2.15. The Bertz CT molecular complexity index is 1070. The minimum atomic E-state index is -0.397. The molecule has 1 aliphatic carbocycles. The van der Waals surface area contributed by atoms with Gasteiger partial charge in [-0.3, -0.25) is 9.78 Å². The van der Waals surface area contributed by atoms with Gasteiger partial charge >= 0.3 is 0 Å². The van der Waals surface area contributed by atoms with Crippen LogP contribution in [0, 0.1) is 0 Å². The van der Waals surface area contributed by atoms with Gasteiger partial charge in [0, 0.05) is 17.2 Å². The number of aromatic amines is 1. The highest BCUT2D eigenvalue weighted by molar-refractivity contribution is 5.69. The maximum atomic E-state index is 12.7. The number of benzene rings is 1. The molecule has 1 saturated carbocycles. The number of nitrogens with one attached hydrogen (secondary N) is 1. The molecule has 2 heterocycles. The summed E-state index contributed by atoms with van der Waals surface area (Å²) in [5.41, 5.74) is 2.32. The summed E-state index contributed by atoms with van der Waals surface area (Å²) in [5.74, 6) is 0.865. The number of H-pyrrole nitrogens is 1. The van der Waals surface area contributed by atoms with Crippen molar-refractivity contribution in [3.63, 3.8) is 0 Å². The molecule has 0 bridgehead atoms. The molecule has 1 aromatic carbocycles. The van der Waals surface area contributed by atoms with Crippen molar-refractivity contribution in [2.24, 2.45) is 0 Å². The molecule has 6 nitrogen and oxygen atoms in total. The van der Waals surface area contributed by atoms with E-state index in [4.69, 9.17) is 4.74 Å². The predicted octanol–water partition coefficient (Wildman–Crippen LogP) is 3.44. The topological polar surface area (TPSA) is 88.1 Å². The molecule has 2 N–H and O–H groups in total. The Morgan fingerprint density at radius 2 is 2.00 bits per heavy atom. The van der Waals surface area contributed by atoms with Gasteiger partial charge in [0.1, 0.15) is 11.4 Å². The van der Waals surface area contributed by atoms with E-state index in [9.17, 15) is 9.90 Å². The van der Waals surface area contributed by atoms with E-state index in [1.54, 1.807) is 25.3 Å². The van der Waals surface area contributed by atoms with E-state index >= 15 is 0 Å². The van der Waals surface area contributed by atoms with Crippen LogP contribution < -0.4 is 10.3 Å². The number of allylic oxidation sites excluding steroid dienone is 1. The van der Waals surface area contributed by atoms with Gasteiger partial charge in [-0.25, -0.2) is 4.98 Å². The van der Waals surface area contributed by atoms with Crippen LogP contribution in [-0.2, 0) is 5.41 Å². The first kappa shape index (κ1) is 18.1. The SMILES string of the molecule is C=C(C)Oc1c(-c2ccc(C3(CO)CC3)cc2)nc(-c2ccccn2)[nH]c1=O. The minimum Gasteiger partial charge on any atom is -0.455 e. The van der Waals surface area contributed by atoms with Crippen molar-refractivity contribution in [3.05, 3.63) is 76.9 Å². The Hall–Kier alpha value is -3.25. The molecule has 4 rings (SSSR count). The van der Waals surface area contributed by atoms with Crippen LogP contribution in [0.4, 0.5) is 0 Å². The van der Waals surface area contributed by atoms with Gasteiger partial charge in [-0.1, -0.05) is 36.9 Å². The van der Waals surface area contributed by atoms with Crippen molar-refractivity contribution in [1.82, 2.24) is 15.0 Å². The first-order chi connectivity index (χ1) is 13.5. The summed E-state index contributed by atoms with van der Waals surface area (Å²) >= 11 is 0. The smallest absolute Gasteiger partial charge is 0.294 e. The van der Waals surface area contributed by atoms with Crippen LogP contribution in [0.5, 0.6) is 5.75 Å². The number of aromatic nitrogens is 3. The second-order valence-electron chi connectivity index (χ2n) is 7.13. The Labute approximate surface area is 162 Å². The number of hydrogen-bond acceptors (Lipinski definition) is 5. The van der Waals surface area contributed by atoms with Crippen LogP contribution in [0.25, 0.3) is 22.8 Å². The molecule has 3 aromatic rings. The summed E-state index contributed by atoms with van der Waals surface area (Å²) < 4.78 is 5.59. The maximum absolute atomic E-state index is 12.7. The van der Waals surface area contributed by atoms with Crippen LogP contribution in [-0.4, -0.2) is 26.7 Å². The van der Waals surface area contributed by atoms with Crippen LogP contribution in [0.2, 0.25) is 0 Å². The third kappa shape index (κ3) is 3.34. The Morgan fingerprint density at radius 1 is 1.25 bits per heavy atom. The monoisotopic (exact) mass is 375 g/mol. The zero-order chi connectivity index (χ0) is 19.7. The third-order valence-electron chi connectivity index (χ3n) is 4.99. The van der Waals surface area contributed by atoms with E-state index in [0.717, 1.165) is 24.0 Å². The van der Waals surface area contributed by atoms with E-state index in [2.05, 4.69) is 21.5 Å². The largest absolute Gasteiger partial charge is 0.455 e. The van der Waals surface area contributed by atoms with Crippen LogP contribution >= 0.6 is 0 Å². The molecule has 0 radical (unpaired) electrons. The first-order valence-electron chi connectivity index (χ1n) is 9.13. The summed E-state index contributed by atoms with van der Waals surface area (Å²) in [5, 5.41) is 9.64. The first-order valence-corrected chi connectivity index (χ1v) is 9.13. The zero-order valence-corrected chi connectivity index (χ0v) is 15.6. The van der Waals surface area contributed by atoms with Crippen molar-refractivity contribution in [2.75, 3.05) is 6.61 Å². The molecular formula is C22H21N3O3. The van der Waals surface area contributed by atoms with Gasteiger partial charge in [0.05, 0.1) is 12.4 Å². The van der Waals surface area contributed by atoms with Crippen LogP contribution in [0.3, 0.4) is 0 Å². The third-order valence-corrected chi connectivity index (χ3v) is 4.99. The van der Waals surface area contributed by atoms with Crippen molar-refractivity contribution >= 4 is 0 Å². The molecule has 0 amide bonds. The molecule has 1 fully saturated rings. The van der Waals surface area contributed by atoms with E-state index in [0.29, 0.717) is 23.0 Å². The van der Waals surface area contributed by atoms with Gasteiger partial charge in [-0.05, 0) is 37.5 Å². The van der Waals surface area contributed by atoms with Crippen LogP contribution in [0.1, 0.15) is 25.3 Å². The second kappa shape index (κ2) is 7.05. The van der Waals surface area contributed by atoms with Crippen molar-refractivity contribution in [1.29, 1.82) is 0 Å². The lowest BCUT2D eigenvalue weighted by molar-refractivity contribution is 0.255. The molecule has 0 unspecified atom stereocenters. The number of aliphatic hydroxyl groups excluding tert-OH is 1. The molecule has 28 heavy (non-hydrogen) atoms. The summed E-state index contributed by atoms with van der Waals surface area (Å²) in [6.07, 6.45) is 3.62. The maximum Gasteiger partial charge on any atom is 0.294 e. The average Bonchev–Trinajstić information content (AvgIpc) is 3.51. The van der Waals surface area contributed by atoms with E-state index in [1.807, 2.05) is 30.3 Å². The average molecular weight is 375 g/mol. The zero-order valence-electron chi connectivity index (χ0n) is 15.6. The molecule has 0 atom stereocenters. The van der Waals surface area contributed by atoms with Gasteiger partial charge in [0.25, 0.3) is 5.56 Å². The normalized spacial score (nSPS) is 14.5. The summed E-state index contributed by atoms with van der Waals surface area (Å²) in [4.78, 5) is 24.3. The van der Waals surface area contributed by atoms with Gasteiger partial charge in [0.15, 0.2) is 5.82 Å². The molecule has 6 heteroatoms. The molecular weight excluding hydrogens is 354 g/mol. The minimum absolute atomic E-state index is 0.100. The second-order valence-corrected chi connectivity index (χ2v) is 7.13. The molecule has 0 spiro atoms. The van der Waals surface area contributed by atoms with Crippen molar-refractivity contribution < 1.29 is 9.84 Å². The fraction of sp³-hybridized carbons (Fsp3) is 0.227. The Kier molecular flexibility index (Phi) is 4.57. The van der Waals surface area contributed by atoms with E-state index < -0.39 is 5.56 Å². The summed E-state index contributed by atoms with van der Waals surface area (Å²) in [6.45, 7) is 5.55. The number of hydrogen-bond donors (Lipinski definition) is 2. The number of pyridine rings is 1. The van der Waals surface area contributed by atoms with Gasteiger partial charge in [-0.15, -0.1) is 0 Å². The van der Waals surface area contributed by atoms with Crippen molar-refractivity contribution in [3.8, 4) is 28.5 Å². The lowest BCUT2D eigenvalue weighted by atomic mass is 9.95. The predicted molar refractivity (Wildman–Crippen MR) is 107 cm³/mol. The molecule has 0 aliphatic heterocycles. The summed E-state index contributed by atoms with van der Waals surface area (Å²) in [6, 6.07) is 13.2. The molecule has 1 aliphatic rings. The standard InChI is InChI=1S/C22H21N3O3/c1-14(2)28-19-18(15-6-8-16(9-7-15)22(13-26)10-11-22)24-20(25-21(19)27)17-5-3-4-12-23-17/h3-9,12,26H,1,10-11,13H2,2H3,(H,24,25,27).